The van der Waals surface area contributed by atoms with Gasteiger partial charge < -0.3 is 9.22 Å². The first-order chi connectivity index (χ1) is 21.0. The molecule has 8 fully saturated rings. The summed E-state index contributed by atoms with van der Waals surface area (Å²) in [6.45, 7) is 25.6. The van der Waals surface area contributed by atoms with Gasteiger partial charge in [0.1, 0.15) is 6.10 Å². The molecule has 5 saturated carbocycles. The van der Waals surface area contributed by atoms with Gasteiger partial charge in [-0.15, -0.1) is 0 Å². The first-order valence-corrected chi connectivity index (χ1v) is 19.0. The average molecular weight is 622 g/mol. The molecule has 0 radical (unpaired) electrons. The van der Waals surface area contributed by atoms with Crippen LogP contribution in [-0.4, -0.2) is 60.7 Å². The van der Waals surface area contributed by atoms with E-state index in [9.17, 15) is 4.79 Å². The molecule has 252 valence electrons. The Bertz CT molecular complexity index is 1250. The number of carbonyl (C=O) groups is 2. The Labute approximate surface area is 274 Å². The van der Waals surface area contributed by atoms with Crippen LogP contribution in [0.2, 0.25) is 0 Å². The molecule has 8 rings (SSSR count). The number of hydrogen-bond acceptors (Lipinski definition) is 3. The zero-order valence-electron chi connectivity index (χ0n) is 30.2. The van der Waals surface area contributed by atoms with E-state index < -0.39 is 0 Å². The van der Waals surface area contributed by atoms with Crippen molar-refractivity contribution < 1.29 is 18.8 Å². The van der Waals surface area contributed by atoms with Crippen molar-refractivity contribution in [3.8, 4) is 0 Å². The van der Waals surface area contributed by atoms with Gasteiger partial charge >= 0.3 is 5.97 Å². The molecule has 0 aromatic heterocycles. The Balaban J connectivity index is 1.22. The van der Waals surface area contributed by atoms with E-state index in [1.54, 1.807) is 6.92 Å². The fourth-order valence-corrected chi connectivity index (χ4v) is 14.7. The summed E-state index contributed by atoms with van der Waals surface area (Å²) in [4.78, 5) is 29.6. The lowest BCUT2D eigenvalue weighted by Gasteiger charge is -2.73. The molecule has 5 aliphatic carbocycles. The van der Waals surface area contributed by atoms with Crippen LogP contribution < -0.4 is 0 Å². The van der Waals surface area contributed by atoms with Gasteiger partial charge in [-0.1, -0.05) is 46.8 Å². The summed E-state index contributed by atoms with van der Waals surface area (Å²) < 4.78 is 7.04. The third kappa shape index (κ3) is 4.39. The fraction of sp³-hybridized carbons (Fsp3) is 0.900. The van der Waals surface area contributed by atoms with Crippen molar-refractivity contribution in [3.63, 3.8) is 0 Å². The summed E-state index contributed by atoms with van der Waals surface area (Å²) in [6, 6.07) is 0. The molecule has 5 nitrogen and oxygen atoms in total. The number of amides is 1. The third-order valence-electron chi connectivity index (χ3n) is 17.2. The van der Waals surface area contributed by atoms with E-state index in [-0.39, 0.29) is 39.1 Å². The fourth-order valence-electron chi connectivity index (χ4n) is 14.7. The molecule has 3 saturated heterocycles. The molecule has 5 heteroatoms. The molecule has 10 atom stereocenters. The van der Waals surface area contributed by atoms with Crippen LogP contribution in [0.4, 0.5) is 0 Å². The molecular weight excluding hydrogens is 556 g/mol. The van der Waals surface area contributed by atoms with Crippen molar-refractivity contribution in [1.29, 1.82) is 0 Å². The predicted octanol–water partition coefficient (Wildman–Crippen LogP) is 8.23. The van der Waals surface area contributed by atoms with Gasteiger partial charge in [-0.3, -0.25) is 14.5 Å². The maximum atomic E-state index is 15.1. The van der Waals surface area contributed by atoms with Crippen molar-refractivity contribution in [2.45, 2.75) is 132 Å². The normalized spacial score (nSPS) is 51.6. The lowest BCUT2D eigenvalue weighted by atomic mass is 9.32. The SMILES string of the molecule is C=C(C)[C@@H]1CC[C@]2(C(=O)N3CC4CC[N+](C)(CC4)C3)CC[C@]3(C)[C@@H](CC[C@@H]4[C@@]5(C)CC[C@H](OC(C)=O)C(C)(C)[C@@H]5CC[C@]43C)[C@H]12. The standard InChI is InChI=1S/C40H65N2O3/c1-26(2)29-12-19-40(35(44)41-24-28-15-22-42(9,25-41)23-16-28)21-20-38(7)30(34(29)40)10-11-32-37(6)17-14-33(45-27(3)43)36(4,5)31(37)13-18-39(32,38)8/h28-34H,1,10-25H2,2-9H3/q+1/t28?,29-,30-,31-,32+,33-,34-,37-,38+,39+,40-,42?/m0/s1. The second-order valence-corrected chi connectivity index (χ2v) is 19.5. The Morgan fingerprint density at radius 2 is 1.51 bits per heavy atom. The minimum absolute atomic E-state index is 0.00981. The molecule has 3 aliphatic heterocycles. The van der Waals surface area contributed by atoms with Crippen LogP contribution in [0.5, 0.6) is 0 Å². The van der Waals surface area contributed by atoms with E-state index in [4.69, 9.17) is 4.74 Å². The van der Waals surface area contributed by atoms with E-state index in [1.807, 2.05) is 0 Å². The molecule has 3 heterocycles. The smallest absolute Gasteiger partial charge is 0.302 e. The van der Waals surface area contributed by atoms with E-state index in [2.05, 4.69) is 60.1 Å². The lowest BCUT2D eigenvalue weighted by molar-refractivity contribution is -0.919. The highest BCUT2D eigenvalue weighted by atomic mass is 16.5. The highest BCUT2D eigenvalue weighted by Crippen LogP contribution is 2.77. The second kappa shape index (κ2) is 10.3. The number of esters is 1. The van der Waals surface area contributed by atoms with E-state index >= 15 is 4.79 Å². The third-order valence-corrected chi connectivity index (χ3v) is 17.2. The molecule has 8 aliphatic rings. The molecule has 2 bridgehead atoms. The number of hydrogen-bond donors (Lipinski definition) is 0. The minimum atomic E-state index is -0.202. The maximum Gasteiger partial charge on any atom is 0.302 e. The summed E-state index contributed by atoms with van der Waals surface area (Å²) in [6.07, 6.45) is 14.2. The summed E-state index contributed by atoms with van der Waals surface area (Å²) in [5.41, 5.74) is 1.86. The molecule has 0 N–H and O–H groups in total. The molecular formula is C40H65N2O3+. The van der Waals surface area contributed by atoms with Crippen molar-refractivity contribution in [2.75, 3.05) is 33.4 Å². The van der Waals surface area contributed by atoms with Crippen LogP contribution in [0.15, 0.2) is 12.2 Å². The van der Waals surface area contributed by atoms with E-state index in [1.165, 1.54) is 63.6 Å². The molecule has 0 aromatic rings. The van der Waals surface area contributed by atoms with E-state index in [0.717, 1.165) is 49.8 Å². The van der Waals surface area contributed by atoms with Gasteiger partial charge in [0.15, 0.2) is 6.67 Å². The van der Waals surface area contributed by atoms with Gasteiger partial charge in [0.05, 0.1) is 25.6 Å². The quantitative estimate of drug-likeness (QED) is 0.181. The summed E-state index contributed by atoms with van der Waals surface area (Å²) in [7, 11) is 2.40. The Kier molecular flexibility index (Phi) is 7.38. The van der Waals surface area contributed by atoms with Crippen LogP contribution in [-0.2, 0) is 14.3 Å². The van der Waals surface area contributed by atoms with Crippen LogP contribution in [0.3, 0.4) is 0 Å². The Morgan fingerprint density at radius 3 is 2.18 bits per heavy atom. The van der Waals surface area contributed by atoms with Crippen LogP contribution in [0.1, 0.15) is 126 Å². The summed E-state index contributed by atoms with van der Waals surface area (Å²) in [5, 5.41) is 0. The Morgan fingerprint density at radius 1 is 0.800 bits per heavy atom. The largest absolute Gasteiger partial charge is 0.462 e. The number of rotatable bonds is 3. The van der Waals surface area contributed by atoms with Crippen LogP contribution in [0, 0.1) is 62.6 Å². The summed E-state index contributed by atoms with van der Waals surface area (Å²) in [5.74, 6) is 3.82. The topological polar surface area (TPSA) is 46.6 Å². The molecule has 0 unspecified atom stereocenters. The second-order valence-electron chi connectivity index (χ2n) is 19.5. The monoisotopic (exact) mass is 621 g/mol. The number of carbonyl (C=O) groups excluding carboxylic acids is 2. The van der Waals surface area contributed by atoms with Gasteiger partial charge in [-0.2, -0.15) is 0 Å². The number of nitrogens with zero attached hydrogens (tertiary/aromatic N) is 2. The molecule has 0 aromatic carbocycles. The van der Waals surface area contributed by atoms with E-state index in [0.29, 0.717) is 41.4 Å². The maximum absolute atomic E-state index is 15.1. The highest BCUT2D eigenvalue weighted by Gasteiger charge is 2.72. The van der Waals surface area contributed by atoms with Gasteiger partial charge in [0.2, 0.25) is 5.91 Å². The van der Waals surface area contributed by atoms with Crippen LogP contribution >= 0.6 is 0 Å². The zero-order valence-corrected chi connectivity index (χ0v) is 30.2. The van der Waals surface area contributed by atoms with Crippen molar-refractivity contribution in [3.05, 3.63) is 12.2 Å². The van der Waals surface area contributed by atoms with Gasteiger partial charge in [-0.05, 0) is 123 Å². The molecule has 45 heavy (non-hydrogen) atoms. The average Bonchev–Trinajstić information content (AvgIpc) is 3.18. The number of piperidine rings is 1. The number of quaternary nitrogens is 1. The van der Waals surface area contributed by atoms with Crippen LogP contribution in [0.25, 0.3) is 0 Å². The number of fused-ring (bicyclic) bond motifs is 11. The minimum Gasteiger partial charge on any atom is -0.462 e. The predicted molar refractivity (Wildman–Crippen MR) is 180 cm³/mol. The number of ether oxygens (including phenoxy) is 1. The van der Waals surface area contributed by atoms with Gasteiger partial charge in [0, 0.05) is 31.7 Å². The van der Waals surface area contributed by atoms with Crippen molar-refractivity contribution in [1.82, 2.24) is 4.90 Å². The first-order valence-electron chi connectivity index (χ1n) is 19.0. The van der Waals surface area contributed by atoms with Crippen molar-refractivity contribution >= 4 is 11.9 Å². The Hall–Kier alpha value is -1.36. The van der Waals surface area contributed by atoms with Crippen molar-refractivity contribution in [2.24, 2.45) is 62.6 Å². The lowest BCUT2D eigenvalue weighted by Crippen LogP contribution is -2.67. The van der Waals surface area contributed by atoms with Gasteiger partial charge in [-0.25, -0.2) is 0 Å². The highest BCUT2D eigenvalue weighted by molar-refractivity contribution is 5.84. The molecule has 0 spiro atoms. The molecule has 1 amide bonds. The first kappa shape index (κ1) is 32.2. The van der Waals surface area contributed by atoms with Gasteiger partial charge in [0.25, 0.3) is 0 Å². The number of allylic oxidation sites excluding steroid dienone is 1. The zero-order chi connectivity index (χ0) is 32.4. The summed E-state index contributed by atoms with van der Waals surface area (Å²) >= 11 is 0.